The van der Waals surface area contributed by atoms with Crippen molar-refractivity contribution in [1.29, 1.82) is 0 Å². The number of anilines is 1. The molecule has 4 rings (SSSR count). The summed E-state index contributed by atoms with van der Waals surface area (Å²) in [4.78, 5) is 25.3. The molecule has 9 nitrogen and oxygen atoms in total. The van der Waals surface area contributed by atoms with Crippen molar-refractivity contribution in [3.8, 4) is 0 Å². The summed E-state index contributed by atoms with van der Waals surface area (Å²) in [6.07, 6.45) is 0. The smallest absolute Gasteiger partial charge is 0.293 e. The first-order chi connectivity index (χ1) is 15.5. The van der Waals surface area contributed by atoms with Crippen LogP contribution in [-0.4, -0.2) is 31.0 Å². The topological polar surface area (TPSA) is 116 Å². The van der Waals surface area contributed by atoms with Gasteiger partial charge in [-0.05, 0) is 46.0 Å². The first-order valence-electron chi connectivity index (χ1n) is 9.57. The van der Waals surface area contributed by atoms with Gasteiger partial charge in [0.05, 0.1) is 11.5 Å². The van der Waals surface area contributed by atoms with Crippen LogP contribution in [0.1, 0.15) is 21.3 Å². The van der Waals surface area contributed by atoms with E-state index < -0.39 is 16.1 Å². The number of benzene rings is 2. The second kappa shape index (κ2) is 9.71. The van der Waals surface area contributed by atoms with E-state index in [9.17, 15) is 14.9 Å². The molecule has 0 saturated carbocycles. The van der Waals surface area contributed by atoms with Gasteiger partial charge < -0.3 is 5.32 Å². The fourth-order valence-corrected chi connectivity index (χ4v) is 4.70. The van der Waals surface area contributed by atoms with E-state index in [1.54, 1.807) is 35.1 Å². The number of thioether (sulfide) groups is 1. The number of nitrogens with one attached hydrogen (secondary N) is 1. The number of tetrazole rings is 1. The summed E-state index contributed by atoms with van der Waals surface area (Å²) in [5.74, 6) is -0.404. The van der Waals surface area contributed by atoms with Crippen LogP contribution in [0.3, 0.4) is 0 Å². The van der Waals surface area contributed by atoms with Crippen molar-refractivity contribution >= 4 is 40.4 Å². The maximum absolute atomic E-state index is 13.3. The Morgan fingerprint density at radius 2 is 2.03 bits per heavy atom. The summed E-state index contributed by atoms with van der Waals surface area (Å²) >= 11 is 2.78. The first kappa shape index (κ1) is 21.7. The lowest BCUT2D eigenvalue weighted by Crippen LogP contribution is -2.20. The third-order valence-corrected chi connectivity index (χ3v) is 6.64. The van der Waals surface area contributed by atoms with Crippen LogP contribution >= 0.6 is 23.1 Å². The van der Waals surface area contributed by atoms with Gasteiger partial charge in [0, 0.05) is 10.9 Å². The van der Waals surface area contributed by atoms with Crippen LogP contribution < -0.4 is 5.32 Å². The molecule has 4 aromatic rings. The molecule has 0 aliphatic rings. The van der Waals surface area contributed by atoms with Crippen molar-refractivity contribution in [1.82, 2.24) is 20.2 Å². The standard InChI is InChI=1S/C21H18N6O3S2/c1-14-9-10-17(18(12-14)27(29)30)22-20(28)19(15-6-3-2-4-7-15)32-21-23-24-25-26(21)13-16-8-5-11-31-16/h2-12,19H,13H2,1H3,(H,22,28). The number of aromatic nitrogens is 4. The Hall–Kier alpha value is -3.57. The third kappa shape index (κ3) is 5.01. The lowest BCUT2D eigenvalue weighted by Gasteiger charge is -2.16. The molecule has 0 spiro atoms. The summed E-state index contributed by atoms with van der Waals surface area (Å²) in [7, 11) is 0. The van der Waals surface area contributed by atoms with Gasteiger partial charge in [0.15, 0.2) is 0 Å². The zero-order valence-electron chi connectivity index (χ0n) is 16.9. The molecule has 162 valence electrons. The van der Waals surface area contributed by atoms with E-state index in [1.165, 1.54) is 17.8 Å². The van der Waals surface area contributed by atoms with Gasteiger partial charge in [-0.1, -0.05) is 54.2 Å². The molecule has 1 amide bonds. The predicted molar refractivity (Wildman–Crippen MR) is 123 cm³/mol. The molecule has 2 heterocycles. The number of nitro benzene ring substituents is 1. The van der Waals surface area contributed by atoms with Gasteiger partial charge in [0.2, 0.25) is 11.1 Å². The molecule has 1 N–H and O–H groups in total. The lowest BCUT2D eigenvalue weighted by atomic mass is 10.1. The molecule has 0 bridgehead atoms. The molecule has 0 radical (unpaired) electrons. The van der Waals surface area contributed by atoms with Crippen molar-refractivity contribution in [2.45, 2.75) is 23.9 Å². The Bertz CT molecular complexity index is 1230. The van der Waals surface area contributed by atoms with Crippen LogP contribution in [0.2, 0.25) is 0 Å². The van der Waals surface area contributed by atoms with Gasteiger partial charge in [-0.25, -0.2) is 4.68 Å². The number of rotatable bonds is 8. The Labute approximate surface area is 191 Å². The number of nitro groups is 1. The molecule has 11 heteroatoms. The van der Waals surface area contributed by atoms with Crippen LogP contribution in [0, 0.1) is 17.0 Å². The van der Waals surface area contributed by atoms with Crippen LogP contribution in [-0.2, 0) is 11.3 Å². The summed E-state index contributed by atoms with van der Waals surface area (Å²) in [6.45, 7) is 2.24. The molecular formula is C21H18N6O3S2. The summed E-state index contributed by atoms with van der Waals surface area (Å²) < 4.78 is 1.63. The highest BCUT2D eigenvalue weighted by Gasteiger charge is 2.27. The highest BCUT2D eigenvalue weighted by Crippen LogP contribution is 2.36. The number of carbonyl (C=O) groups is 1. The van der Waals surface area contributed by atoms with Crippen molar-refractivity contribution in [2.75, 3.05) is 5.32 Å². The van der Waals surface area contributed by atoms with Gasteiger partial charge in [-0.15, -0.1) is 16.4 Å². The quantitative estimate of drug-likeness (QED) is 0.231. The molecule has 2 aromatic carbocycles. The number of nitrogens with zero attached hydrogens (tertiary/aromatic N) is 5. The van der Waals surface area contributed by atoms with Gasteiger partial charge in [0.1, 0.15) is 10.9 Å². The van der Waals surface area contributed by atoms with Gasteiger partial charge >= 0.3 is 0 Å². The van der Waals surface area contributed by atoms with E-state index in [-0.39, 0.29) is 11.4 Å². The van der Waals surface area contributed by atoms with Gasteiger partial charge in [0.25, 0.3) is 5.69 Å². The predicted octanol–water partition coefficient (Wildman–Crippen LogP) is 4.47. The summed E-state index contributed by atoms with van der Waals surface area (Å²) in [6, 6.07) is 17.8. The molecule has 1 atom stereocenters. The first-order valence-corrected chi connectivity index (χ1v) is 11.3. The highest BCUT2D eigenvalue weighted by molar-refractivity contribution is 8.00. The van der Waals surface area contributed by atoms with Crippen LogP contribution in [0.15, 0.2) is 71.2 Å². The minimum absolute atomic E-state index is 0.144. The molecular weight excluding hydrogens is 448 g/mol. The zero-order chi connectivity index (χ0) is 22.5. The Balaban J connectivity index is 1.62. The molecule has 1 unspecified atom stereocenters. The number of carbonyl (C=O) groups excluding carboxylic acids is 1. The fraction of sp³-hybridized carbons (Fsp3) is 0.143. The molecule has 0 aliphatic carbocycles. The van der Waals surface area contributed by atoms with Crippen LogP contribution in [0.25, 0.3) is 0 Å². The lowest BCUT2D eigenvalue weighted by molar-refractivity contribution is -0.384. The molecule has 32 heavy (non-hydrogen) atoms. The van der Waals surface area contributed by atoms with Crippen LogP contribution in [0.4, 0.5) is 11.4 Å². The largest absolute Gasteiger partial charge is 0.319 e. The zero-order valence-corrected chi connectivity index (χ0v) is 18.5. The molecule has 0 fully saturated rings. The summed E-state index contributed by atoms with van der Waals surface area (Å²) in [5, 5.41) is 27.8. The van der Waals surface area contributed by atoms with Crippen LogP contribution in [0.5, 0.6) is 0 Å². The number of aryl methyl sites for hydroxylation is 1. The average Bonchev–Trinajstić information content (AvgIpc) is 3.46. The second-order valence-corrected chi connectivity index (χ2v) is 8.98. The van der Waals surface area contributed by atoms with Crippen molar-refractivity contribution in [3.63, 3.8) is 0 Å². The van der Waals surface area contributed by atoms with E-state index in [4.69, 9.17) is 0 Å². The monoisotopic (exact) mass is 466 g/mol. The number of thiophene rings is 1. The van der Waals surface area contributed by atoms with Crippen molar-refractivity contribution < 1.29 is 9.72 Å². The summed E-state index contributed by atoms with van der Waals surface area (Å²) in [5.41, 5.74) is 1.45. The number of hydrogen-bond acceptors (Lipinski definition) is 8. The maximum Gasteiger partial charge on any atom is 0.293 e. The number of amides is 1. The second-order valence-electron chi connectivity index (χ2n) is 6.87. The Morgan fingerprint density at radius 3 is 2.75 bits per heavy atom. The fourth-order valence-electron chi connectivity index (χ4n) is 3.03. The van der Waals surface area contributed by atoms with E-state index in [1.807, 2.05) is 47.8 Å². The third-order valence-electron chi connectivity index (χ3n) is 4.56. The maximum atomic E-state index is 13.3. The average molecular weight is 467 g/mol. The normalized spacial score (nSPS) is 11.8. The molecule has 2 aromatic heterocycles. The Kier molecular flexibility index (Phi) is 6.57. The van der Waals surface area contributed by atoms with E-state index in [0.717, 1.165) is 16.0 Å². The van der Waals surface area contributed by atoms with E-state index in [2.05, 4.69) is 20.8 Å². The van der Waals surface area contributed by atoms with Gasteiger partial charge in [-0.3, -0.25) is 14.9 Å². The van der Waals surface area contributed by atoms with E-state index in [0.29, 0.717) is 11.7 Å². The minimum Gasteiger partial charge on any atom is -0.319 e. The Morgan fingerprint density at radius 1 is 1.22 bits per heavy atom. The minimum atomic E-state index is -0.717. The van der Waals surface area contributed by atoms with E-state index >= 15 is 0 Å². The molecule has 0 aliphatic heterocycles. The molecule has 0 saturated heterocycles. The van der Waals surface area contributed by atoms with Gasteiger partial charge in [-0.2, -0.15) is 0 Å². The van der Waals surface area contributed by atoms with Crippen molar-refractivity contribution in [3.05, 3.63) is 92.2 Å². The SMILES string of the molecule is Cc1ccc(NC(=O)C(Sc2nnnn2Cc2cccs2)c2ccccc2)c([N+](=O)[O-])c1. The van der Waals surface area contributed by atoms with Crippen molar-refractivity contribution in [2.24, 2.45) is 0 Å². The highest BCUT2D eigenvalue weighted by atomic mass is 32.2. The number of hydrogen-bond donors (Lipinski definition) is 1.